The lowest BCUT2D eigenvalue weighted by Crippen LogP contribution is -2.60. The van der Waals surface area contributed by atoms with Gasteiger partial charge in [0.25, 0.3) is 0 Å². The molecule has 9 heteroatoms. The van der Waals surface area contributed by atoms with Crippen LogP contribution in [0.4, 0.5) is 0 Å². The second-order valence-corrected chi connectivity index (χ2v) is 14.4. The number of nitrogens with zero attached hydrogens (tertiary/aromatic N) is 2. The van der Waals surface area contributed by atoms with Crippen LogP contribution in [0.3, 0.4) is 0 Å². The molecule has 0 spiro atoms. The molecule has 232 valence electrons. The number of fused-ring (bicyclic) bond motifs is 1. The van der Waals surface area contributed by atoms with E-state index in [1.54, 1.807) is 29.2 Å². The van der Waals surface area contributed by atoms with Gasteiger partial charge in [0.1, 0.15) is 6.04 Å². The Labute approximate surface area is 260 Å². The van der Waals surface area contributed by atoms with Crippen molar-refractivity contribution in [1.29, 1.82) is 0 Å². The third-order valence-corrected chi connectivity index (χ3v) is 11.4. The van der Waals surface area contributed by atoms with E-state index in [0.29, 0.717) is 6.04 Å². The molecule has 1 unspecified atom stereocenters. The number of nitrogens with two attached hydrogens (primary N) is 1. The van der Waals surface area contributed by atoms with Gasteiger partial charge in [-0.15, -0.1) is 0 Å². The van der Waals surface area contributed by atoms with Crippen molar-refractivity contribution in [3.05, 3.63) is 89.0 Å². The molecule has 6 rings (SSSR count). The number of carbonyl (C=O) groups excluding carboxylic acids is 2. The Morgan fingerprint density at radius 1 is 0.932 bits per heavy atom. The maximum Gasteiger partial charge on any atom is 0.243 e. The summed E-state index contributed by atoms with van der Waals surface area (Å²) in [6, 6.07) is 21.0. The van der Waals surface area contributed by atoms with Crippen molar-refractivity contribution in [1.82, 2.24) is 14.5 Å². The first-order chi connectivity index (χ1) is 21.2. The number of hydrogen-bond donors (Lipinski definition) is 2. The molecule has 1 aliphatic heterocycles. The highest BCUT2D eigenvalue weighted by Crippen LogP contribution is 2.39. The molecule has 1 heterocycles. The lowest BCUT2D eigenvalue weighted by Gasteiger charge is -2.44. The maximum absolute atomic E-state index is 14.0. The summed E-state index contributed by atoms with van der Waals surface area (Å²) in [6.07, 6.45) is 7.41. The second-order valence-electron chi connectivity index (χ2n) is 12.5. The number of benzene rings is 3. The average Bonchev–Trinajstić information content (AvgIpc) is 3.54. The van der Waals surface area contributed by atoms with E-state index in [1.165, 1.54) is 46.7 Å². The second kappa shape index (κ2) is 12.8. The van der Waals surface area contributed by atoms with Crippen molar-refractivity contribution in [3.8, 4) is 11.1 Å². The summed E-state index contributed by atoms with van der Waals surface area (Å²) >= 11 is 0. The lowest BCUT2D eigenvalue weighted by atomic mass is 9.84. The highest BCUT2D eigenvalue weighted by molar-refractivity contribution is 7.89. The first-order valence-corrected chi connectivity index (χ1v) is 17.3. The fourth-order valence-electron chi connectivity index (χ4n) is 7.15. The summed E-state index contributed by atoms with van der Waals surface area (Å²) < 4.78 is 28.4. The molecule has 0 radical (unpaired) electrons. The van der Waals surface area contributed by atoms with Crippen LogP contribution in [0.1, 0.15) is 73.2 Å². The van der Waals surface area contributed by atoms with E-state index in [4.69, 9.17) is 5.73 Å². The zero-order valence-electron chi connectivity index (χ0n) is 25.4. The van der Waals surface area contributed by atoms with E-state index in [0.717, 1.165) is 42.5 Å². The normalized spacial score (nSPS) is 21.4. The van der Waals surface area contributed by atoms with Gasteiger partial charge in [-0.25, -0.2) is 8.42 Å². The Morgan fingerprint density at radius 3 is 2.43 bits per heavy atom. The molecule has 3 aromatic rings. The molecule has 44 heavy (non-hydrogen) atoms. The van der Waals surface area contributed by atoms with Gasteiger partial charge in [-0.05, 0) is 85.0 Å². The highest BCUT2D eigenvalue weighted by atomic mass is 32.2. The summed E-state index contributed by atoms with van der Waals surface area (Å²) in [5.41, 5.74) is 12.4. The van der Waals surface area contributed by atoms with Gasteiger partial charge >= 0.3 is 0 Å². The molecule has 3 aromatic carbocycles. The van der Waals surface area contributed by atoms with Crippen molar-refractivity contribution < 1.29 is 18.0 Å². The maximum atomic E-state index is 14.0. The molecule has 3 N–H and O–H groups in total. The minimum absolute atomic E-state index is 0.103. The van der Waals surface area contributed by atoms with Crippen LogP contribution in [0.15, 0.2) is 71.6 Å². The van der Waals surface area contributed by atoms with Crippen molar-refractivity contribution in [2.45, 2.75) is 87.9 Å². The standard InChI is InChI=1S/C35H42N4O4S/c1-24-12-15-30(16-13-24)44(42,43)39-19-18-38(35(41)33(39)22-34(36)40)32-11-5-8-28-21-27(14-17-31(28)32)26-7-4-6-25(20-26)23-37-29-9-2-3-10-29/h4,6-7,12-17,20-21,29,32-33,37H,2-3,5,8-11,18-19,22-23H2,1H3,(H2,36,40)/t32-,33?/m1/s1. The largest absolute Gasteiger partial charge is 0.370 e. The van der Waals surface area contributed by atoms with E-state index < -0.39 is 22.0 Å². The summed E-state index contributed by atoms with van der Waals surface area (Å²) in [5.74, 6) is -1.07. The molecule has 2 fully saturated rings. The van der Waals surface area contributed by atoms with E-state index in [1.807, 2.05) is 6.92 Å². The summed E-state index contributed by atoms with van der Waals surface area (Å²) in [6.45, 7) is 3.10. The quantitative estimate of drug-likeness (QED) is 0.358. The lowest BCUT2D eigenvalue weighted by molar-refractivity contribution is -0.144. The van der Waals surface area contributed by atoms with Gasteiger partial charge in [0.2, 0.25) is 21.8 Å². The molecule has 2 aliphatic carbocycles. The van der Waals surface area contributed by atoms with Crippen LogP contribution in [0.5, 0.6) is 0 Å². The van der Waals surface area contributed by atoms with Gasteiger partial charge in [0.15, 0.2) is 0 Å². The predicted octanol–water partition coefficient (Wildman–Crippen LogP) is 4.85. The molecular weight excluding hydrogens is 572 g/mol. The molecule has 2 amide bonds. The number of sulfonamides is 1. The molecular formula is C35H42N4O4S. The van der Waals surface area contributed by atoms with Crippen LogP contribution in [0.25, 0.3) is 11.1 Å². The van der Waals surface area contributed by atoms with Gasteiger partial charge in [0.05, 0.1) is 17.4 Å². The van der Waals surface area contributed by atoms with Gasteiger partial charge in [-0.2, -0.15) is 4.31 Å². The third-order valence-electron chi connectivity index (χ3n) is 9.51. The van der Waals surface area contributed by atoms with Gasteiger partial charge < -0.3 is 16.0 Å². The SMILES string of the molecule is Cc1ccc(S(=O)(=O)N2CCN([C@@H]3CCCc4cc(-c5cccc(CNC6CCCC6)c5)ccc43)C(=O)C2CC(N)=O)cc1. The van der Waals surface area contributed by atoms with Crippen molar-refractivity contribution in [2.75, 3.05) is 13.1 Å². The zero-order chi connectivity index (χ0) is 30.8. The van der Waals surface area contributed by atoms with Crippen LogP contribution in [0.2, 0.25) is 0 Å². The van der Waals surface area contributed by atoms with Crippen LogP contribution in [-0.2, 0) is 32.6 Å². The van der Waals surface area contributed by atoms with Crippen LogP contribution in [-0.4, -0.2) is 54.6 Å². The molecule has 0 bridgehead atoms. The Hall–Kier alpha value is -3.53. The molecule has 0 aromatic heterocycles. The van der Waals surface area contributed by atoms with Gasteiger partial charge in [-0.1, -0.05) is 66.9 Å². The fourth-order valence-corrected chi connectivity index (χ4v) is 8.73. The van der Waals surface area contributed by atoms with Gasteiger partial charge in [0, 0.05) is 25.7 Å². The number of primary amides is 1. The first-order valence-electron chi connectivity index (χ1n) is 15.8. The smallest absolute Gasteiger partial charge is 0.243 e. The van der Waals surface area contributed by atoms with E-state index in [9.17, 15) is 18.0 Å². The Bertz CT molecular complexity index is 1630. The number of rotatable bonds is 9. The summed E-state index contributed by atoms with van der Waals surface area (Å²) in [7, 11) is -4.00. The summed E-state index contributed by atoms with van der Waals surface area (Å²) in [5, 5.41) is 3.70. The Kier molecular flexibility index (Phi) is 8.89. The first kappa shape index (κ1) is 30.5. The Balaban J connectivity index is 1.23. The number of nitrogens with one attached hydrogen (secondary N) is 1. The fraction of sp³-hybridized carbons (Fsp3) is 0.429. The van der Waals surface area contributed by atoms with Crippen molar-refractivity contribution >= 4 is 21.8 Å². The minimum Gasteiger partial charge on any atom is -0.370 e. The number of piperazine rings is 1. The molecule has 3 aliphatic rings. The summed E-state index contributed by atoms with van der Waals surface area (Å²) in [4.78, 5) is 28.0. The molecule has 1 saturated carbocycles. The number of aryl methyl sites for hydroxylation is 2. The topological polar surface area (TPSA) is 113 Å². The van der Waals surface area contributed by atoms with Gasteiger partial charge in [-0.3, -0.25) is 9.59 Å². The number of hydrogen-bond acceptors (Lipinski definition) is 5. The number of carbonyl (C=O) groups is 2. The van der Waals surface area contributed by atoms with Crippen molar-refractivity contribution in [3.63, 3.8) is 0 Å². The Morgan fingerprint density at radius 2 is 1.68 bits per heavy atom. The van der Waals surface area contributed by atoms with Crippen LogP contribution >= 0.6 is 0 Å². The molecule has 2 atom stereocenters. The molecule has 8 nitrogen and oxygen atoms in total. The molecule has 1 saturated heterocycles. The van der Waals surface area contributed by atoms with Crippen molar-refractivity contribution in [2.24, 2.45) is 5.73 Å². The third kappa shape index (κ3) is 6.32. The number of amides is 2. The van der Waals surface area contributed by atoms with E-state index in [2.05, 4.69) is 47.8 Å². The van der Waals surface area contributed by atoms with E-state index in [-0.39, 0.29) is 36.4 Å². The predicted molar refractivity (Wildman–Crippen MR) is 171 cm³/mol. The minimum atomic E-state index is -4.00. The van der Waals surface area contributed by atoms with Crippen LogP contribution in [0, 0.1) is 6.92 Å². The zero-order valence-corrected chi connectivity index (χ0v) is 26.2. The highest BCUT2D eigenvalue weighted by Gasteiger charge is 2.45. The van der Waals surface area contributed by atoms with Crippen LogP contribution < -0.4 is 11.1 Å². The van der Waals surface area contributed by atoms with E-state index >= 15 is 0 Å². The monoisotopic (exact) mass is 614 g/mol. The average molecular weight is 615 g/mol.